The molecule has 0 aromatic carbocycles. The molecule has 0 radical (unpaired) electrons. The molecule has 5 rings (SSSR count). The molecule has 10 heteroatoms. The van der Waals surface area contributed by atoms with Gasteiger partial charge >= 0.3 is 0 Å². The highest BCUT2D eigenvalue weighted by molar-refractivity contribution is 7.84. The summed E-state index contributed by atoms with van der Waals surface area (Å²) < 4.78 is 14.7. The first-order valence-corrected chi connectivity index (χ1v) is 12.9. The number of aliphatic hydroxyl groups excluding tert-OH is 1. The van der Waals surface area contributed by atoms with E-state index >= 15 is 0 Å². The van der Waals surface area contributed by atoms with Gasteiger partial charge in [0, 0.05) is 43.9 Å². The van der Waals surface area contributed by atoms with Gasteiger partial charge in [-0.05, 0) is 44.2 Å². The van der Waals surface area contributed by atoms with Gasteiger partial charge in [-0.3, -0.25) is 8.61 Å². The van der Waals surface area contributed by atoms with E-state index in [1.165, 1.54) is 0 Å². The van der Waals surface area contributed by atoms with Gasteiger partial charge in [-0.15, -0.1) is 0 Å². The van der Waals surface area contributed by atoms with E-state index in [1.54, 1.807) is 18.6 Å². The molecule has 1 unspecified atom stereocenters. The number of rotatable bonds is 6. The van der Waals surface area contributed by atoms with Crippen molar-refractivity contribution >= 4 is 39.7 Å². The molecule has 1 saturated carbocycles. The molecule has 3 aromatic rings. The predicted molar refractivity (Wildman–Crippen MR) is 126 cm³/mol. The summed E-state index contributed by atoms with van der Waals surface area (Å²) >= 11 is 5.93. The Morgan fingerprint density at radius 1 is 1.28 bits per heavy atom. The normalized spacial score (nSPS) is 19.7. The zero-order chi connectivity index (χ0) is 22.3. The Bertz CT molecular complexity index is 1130. The third kappa shape index (κ3) is 3.86. The number of halogens is 1. The van der Waals surface area contributed by atoms with E-state index < -0.39 is 10.8 Å². The Morgan fingerprint density at radius 3 is 2.59 bits per heavy atom. The molecule has 3 aromatic heterocycles. The lowest BCUT2D eigenvalue weighted by molar-refractivity contribution is 0.143. The first-order chi connectivity index (χ1) is 15.5. The molecule has 1 aliphatic carbocycles. The van der Waals surface area contributed by atoms with Gasteiger partial charge in [-0.2, -0.15) is 4.98 Å². The van der Waals surface area contributed by atoms with Crippen LogP contribution in [0.15, 0.2) is 35.6 Å². The second kappa shape index (κ2) is 8.61. The topological polar surface area (TPSA) is 95.6 Å². The van der Waals surface area contributed by atoms with Crippen molar-refractivity contribution in [2.24, 2.45) is 0 Å². The molecule has 1 aliphatic heterocycles. The second-order valence-corrected chi connectivity index (χ2v) is 10.5. The number of anilines is 2. The standard InChI is InChI=1S/C22H27ClN6O2S/c1-32(31)18-17-4-2-9-29(17)21(26-20(18)27-22(14-30)7-3-8-22)28-10-5-15(6-11-28)19-24-12-16(23)13-25-19/h2,4,9,12-13,15,27,30H,3,5-8,10-11,14H2,1H3. The van der Waals surface area contributed by atoms with Crippen LogP contribution in [-0.4, -0.2) is 60.2 Å². The Hall–Kier alpha value is -2.23. The molecule has 2 N–H and O–H groups in total. The average molecular weight is 475 g/mol. The molecule has 4 heterocycles. The van der Waals surface area contributed by atoms with Crippen molar-refractivity contribution in [3.8, 4) is 0 Å². The minimum atomic E-state index is -1.23. The van der Waals surface area contributed by atoms with E-state index in [0.29, 0.717) is 15.7 Å². The van der Waals surface area contributed by atoms with Crippen LogP contribution in [0.3, 0.4) is 0 Å². The van der Waals surface area contributed by atoms with Crippen molar-refractivity contribution in [2.75, 3.05) is 36.2 Å². The molecule has 1 saturated heterocycles. The lowest BCUT2D eigenvalue weighted by Crippen LogP contribution is -2.49. The van der Waals surface area contributed by atoms with Crippen LogP contribution in [0, 0.1) is 0 Å². The summed E-state index contributed by atoms with van der Waals surface area (Å²) in [5.74, 6) is 2.56. The molecule has 1 atom stereocenters. The van der Waals surface area contributed by atoms with Crippen LogP contribution >= 0.6 is 11.6 Å². The zero-order valence-corrected chi connectivity index (χ0v) is 19.6. The Morgan fingerprint density at radius 2 is 2.00 bits per heavy atom. The van der Waals surface area contributed by atoms with Gasteiger partial charge < -0.3 is 15.3 Å². The fraction of sp³-hybridized carbons (Fsp3) is 0.500. The Kier molecular flexibility index (Phi) is 5.81. The maximum atomic E-state index is 12.7. The van der Waals surface area contributed by atoms with E-state index in [2.05, 4.69) is 20.2 Å². The van der Waals surface area contributed by atoms with Crippen molar-refractivity contribution in [2.45, 2.75) is 48.5 Å². The van der Waals surface area contributed by atoms with Gasteiger partial charge in [0.2, 0.25) is 5.95 Å². The van der Waals surface area contributed by atoms with Crippen LogP contribution in [0.25, 0.3) is 5.52 Å². The van der Waals surface area contributed by atoms with Crippen molar-refractivity contribution in [3.63, 3.8) is 0 Å². The molecule has 32 heavy (non-hydrogen) atoms. The van der Waals surface area contributed by atoms with Crippen molar-refractivity contribution < 1.29 is 9.32 Å². The minimum Gasteiger partial charge on any atom is -0.394 e. The van der Waals surface area contributed by atoms with Crippen LogP contribution in [-0.2, 0) is 10.8 Å². The van der Waals surface area contributed by atoms with Gasteiger partial charge in [0.1, 0.15) is 16.5 Å². The predicted octanol–water partition coefficient (Wildman–Crippen LogP) is 3.23. The van der Waals surface area contributed by atoms with Crippen LogP contribution in [0.4, 0.5) is 11.8 Å². The van der Waals surface area contributed by atoms with E-state index in [0.717, 1.165) is 62.5 Å². The number of piperidine rings is 1. The van der Waals surface area contributed by atoms with Crippen LogP contribution < -0.4 is 10.2 Å². The molecule has 0 amide bonds. The zero-order valence-electron chi connectivity index (χ0n) is 18.0. The smallest absolute Gasteiger partial charge is 0.212 e. The van der Waals surface area contributed by atoms with Crippen LogP contribution in [0.5, 0.6) is 0 Å². The van der Waals surface area contributed by atoms with Crippen LogP contribution in [0.2, 0.25) is 5.02 Å². The number of hydrogen-bond donors (Lipinski definition) is 2. The highest BCUT2D eigenvalue weighted by Crippen LogP contribution is 2.38. The van der Waals surface area contributed by atoms with E-state index in [4.69, 9.17) is 16.6 Å². The number of aromatic nitrogens is 4. The average Bonchev–Trinajstić information content (AvgIpc) is 3.25. The number of hydrogen-bond acceptors (Lipinski definition) is 7. The largest absolute Gasteiger partial charge is 0.394 e. The number of aliphatic hydroxyl groups is 1. The van der Waals surface area contributed by atoms with Gasteiger partial charge in [-0.1, -0.05) is 11.6 Å². The second-order valence-electron chi connectivity index (χ2n) is 8.74. The quantitative estimate of drug-likeness (QED) is 0.566. The number of nitrogens with one attached hydrogen (secondary N) is 1. The minimum absolute atomic E-state index is 0.0402. The lowest BCUT2D eigenvalue weighted by Gasteiger charge is -2.42. The van der Waals surface area contributed by atoms with Gasteiger partial charge in [0.05, 0.1) is 33.5 Å². The summed E-state index contributed by atoms with van der Waals surface area (Å²) in [7, 11) is -1.23. The molecule has 2 fully saturated rings. The molecular weight excluding hydrogens is 448 g/mol. The number of fused-ring (bicyclic) bond motifs is 1. The molecule has 8 nitrogen and oxygen atoms in total. The fourth-order valence-electron chi connectivity index (χ4n) is 4.71. The summed E-state index contributed by atoms with van der Waals surface area (Å²) in [4.78, 5) is 16.7. The fourth-order valence-corrected chi connectivity index (χ4v) is 5.63. The summed E-state index contributed by atoms with van der Waals surface area (Å²) in [5.41, 5.74) is 0.510. The van der Waals surface area contributed by atoms with Gasteiger partial charge in [0.25, 0.3) is 0 Å². The first kappa shape index (κ1) is 21.6. The number of nitrogens with zero attached hydrogens (tertiary/aromatic N) is 5. The van der Waals surface area contributed by atoms with Crippen molar-refractivity contribution in [1.29, 1.82) is 0 Å². The first-order valence-electron chi connectivity index (χ1n) is 11.0. The summed E-state index contributed by atoms with van der Waals surface area (Å²) in [5, 5.41) is 14.0. The maximum Gasteiger partial charge on any atom is 0.212 e. The maximum absolute atomic E-state index is 12.7. The Labute approximate surface area is 194 Å². The molecule has 0 spiro atoms. The summed E-state index contributed by atoms with van der Waals surface area (Å²) in [6.45, 7) is 1.67. The molecule has 170 valence electrons. The van der Waals surface area contributed by atoms with Gasteiger partial charge in [0.15, 0.2) is 0 Å². The van der Waals surface area contributed by atoms with Gasteiger partial charge in [-0.25, -0.2) is 9.97 Å². The van der Waals surface area contributed by atoms with E-state index in [1.807, 2.05) is 22.7 Å². The molecule has 2 aliphatic rings. The monoisotopic (exact) mass is 474 g/mol. The lowest BCUT2D eigenvalue weighted by atomic mass is 9.77. The SMILES string of the molecule is CS(=O)c1c(NC2(CO)CCC2)nc(N2CCC(c3ncc(Cl)cn3)CC2)n2cccc12. The highest BCUT2D eigenvalue weighted by Gasteiger charge is 2.38. The third-order valence-electron chi connectivity index (χ3n) is 6.69. The third-order valence-corrected chi connectivity index (χ3v) is 7.86. The molecular formula is C22H27ClN6O2S. The summed E-state index contributed by atoms with van der Waals surface area (Å²) in [6, 6.07) is 3.94. The highest BCUT2D eigenvalue weighted by atomic mass is 35.5. The van der Waals surface area contributed by atoms with Crippen molar-refractivity contribution in [1.82, 2.24) is 19.4 Å². The summed E-state index contributed by atoms with van der Waals surface area (Å²) in [6.07, 6.45) is 11.6. The molecule has 0 bridgehead atoms. The Balaban J connectivity index is 1.46. The van der Waals surface area contributed by atoms with E-state index in [-0.39, 0.29) is 18.1 Å². The van der Waals surface area contributed by atoms with Crippen molar-refractivity contribution in [3.05, 3.63) is 41.6 Å². The van der Waals surface area contributed by atoms with Crippen LogP contribution in [0.1, 0.15) is 43.8 Å². The van der Waals surface area contributed by atoms with E-state index in [9.17, 15) is 9.32 Å².